The van der Waals surface area contributed by atoms with Crippen molar-refractivity contribution in [3.8, 4) is 11.3 Å². The summed E-state index contributed by atoms with van der Waals surface area (Å²) in [5.74, 6) is -0.153. The van der Waals surface area contributed by atoms with E-state index >= 15 is 0 Å². The highest BCUT2D eigenvalue weighted by atomic mass is 35.5. The van der Waals surface area contributed by atoms with Crippen LogP contribution in [0.25, 0.3) is 11.3 Å². The van der Waals surface area contributed by atoms with Gasteiger partial charge in [0.05, 0.1) is 21.5 Å². The van der Waals surface area contributed by atoms with Gasteiger partial charge < -0.3 is 10.1 Å². The van der Waals surface area contributed by atoms with Crippen LogP contribution in [-0.4, -0.2) is 45.1 Å². The maximum Gasteiger partial charge on any atom is 0.343 e. The first-order chi connectivity index (χ1) is 14.0. The van der Waals surface area contributed by atoms with Gasteiger partial charge in [0.15, 0.2) is 10.3 Å². The van der Waals surface area contributed by atoms with Crippen LogP contribution in [0.4, 0.5) is 5.13 Å². The van der Waals surface area contributed by atoms with Crippen LogP contribution in [0, 0.1) is 0 Å². The largest absolute Gasteiger partial charge is 0.385 e. The van der Waals surface area contributed by atoms with Crippen LogP contribution in [0.1, 0.15) is 6.42 Å². The van der Waals surface area contributed by atoms with E-state index in [1.807, 2.05) is 11.4 Å². The van der Waals surface area contributed by atoms with Crippen LogP contribution in [0.2, 0.25) is 10.0 Å². The van der Waals surface area contributed by atoms with Gasteiger partial charge in [-0.2, -0.15) is 0 Å². The van der Waals surface area contributed by atoms with E-state index in [1.54, 1.807) is 19.2 Å². The minimum absolute atomic E-state index is 0.0935. The number of ether oxygens (including phenoxy) is 1. The first kappa shape index (κ1) is 21.8. The third kappa shape index (κ3) is 5.83. The monoisotopic (exact) mass is 473 g/mol. The maximum absolute atomic E-state index is 12.3. The molecule has 2 aromatic heterocycles. The lowest BCUT2D eigenvalue weighted by molar-refractivity contribution is -0.113. The third-order valence-corrected chi connectivity index (χ3v) is 6.22. The van der Waals surface area contributed by atoms with Crippen molar-refractivity contribution < 1.29 is 9.53 Å². The number of amides is 1. The van der Waals surface area contributed by atoms with Crippen molar-refractivity contribution in [3.05, 3.63) is 44.1 Å². The molecule has 29 heavy (non-hydrogen) atoms. The zero-order valence-electron chi connectivity index (χ0n) is 15.3. The first-order valence-electron chi connectivity index (χ1n) is 8.45. The summed E-state index contributed by atoms with van der Waals surface area (Å²) in [6, 6.07) is 5.23. The molecule has 0 aliphatic carbocycles. The standard InChI is InChI=1S/C17H17Cl2N5O3S2/c1-27-6-2-5-24-16(26)22-23-17(24)29-9-14(25)21-15-20-13(8-28-15)10-3-4-11(18)12(19)7-10/h3-4,7-8H,2,5-6,9H2,1H3,(H,22,26)(H,20,21,25). The van der Waals surface area contributed by atoms with Crippen molar-refractivity contribution in [2.75, 3.05) is 24.8 Å². The SMILES string of the molecule is COCCCn1c(SCC(=O)Nc2nc(-c3ccc(Cl)c(Cl)c3)cs2)n[nH]c1=O. The molecule has 1 amide bonds. The van der Waals surface area contributed by atoms with Crippen LogP contribution in [0.5, 0.6) is 0 Å². The number of anilines is 1. The van der Waals surface area contributed by atoms with Crippen molar-refractivity contribution in [1.82, 2.24) is 19.7 Å². The van der Waals surface area contributed by atoms with Crippen LogP contribution in [0.3, 0.4) is 0 Å². The number of methoxy groups -OCH3 is 1. The second-order valence-electron chi connectivity index (χ2n) is 5.81. The summed E-state index contributed by atoms with van der Waals surface area (Å²) < 4.78 is 6.48. The van der Waals surface area contributed by atoms with E-state index in [0.29, 0.717) is 45.6 Å². The number of aromatic nitrogens is 4. The molecule has 1 aromatic carbocycles. The molecule has 2 heterocycles. The maximum atomic E-state index is 12.3. The molecule has 0 saturated heterocycles. The number of thiazole rings is 1. The van der Waals surface area contributed by atoms with Gasteiger partial charge in [0.1, 0.15) is 0 Å². The number of nitrogens with one attached hydrogen (secondary N) is 2. The number of carbonyl (C=O) groups excluding carboxylic acids is 1. The fourth-order valence-electron chi connectivity index (χ4n) is 2.38. The number of aromatic amines is 1. The zero-order valence-corrected chi connectivity index (χ0v) is 18.4. The molecule has 0 spiro atoms. The van der Waals surface area contributed by atoms with Crippen LogP contribution >= 0.6 is 46.3 Å². The second kappa shape index (κ2) is 10.3. The van der Waals surface area contributed by atoms with Crippen LogP contribution in [0.15, 0.2) is 33.5 Å². The van der Waals surface area contributed by atoms with Gasteiger partial charge in [-0.25, -0.2) is 14.9 Å². The van der Waals surface area contributed by atoms with E-state index in [1.165, 1.54) is 27.7 Å². The van der Waals surface area contributed by atoms with Gasteiger partial charge in [0.25, 0.3) is 0 Å². The number of halogens is 2. The number of rotatable bonds is 9. The topological polar surface area (TPSA) is 102 Å². The molecule has 0 aliphatic heterocycles. The molecule has 0 radical (unpaired) electrons. The quantitative estimate of drug-likeness (QED) is 0.362. The normalized spacial score (nSPS) is 11.0. The summed E-state index contributed by atoms with van der Waals surface area (Å²) in [6.07, 6.45) is 0.673. The number of carbonyl (C=O) groups is 1. The van der Waals surface area contributed by atoms with Crippen molar-refractivity contribution in [3.63, 3.8) is 0 Å². The summed E-state index contributed by atoms with van der Waals surface area (Å²) in [6.45, 7) is 1.00. The second-order valence-corrected chi connectivity index (χ2v) is 8.43. The summed E-state index contributed by atoms with van der Waals surface area (Å²) in [5.41, 5.74) is 1.19. The predicted molar refractivity (Wildman–Crippen MR) is 116 cm³/mol. The average molecular weight is 474 g/mol. The molecule has 2 N–H and O–H groups in total. The smallest absolute Gasteiger partial charge is 0.343 e. The molecule has 0 unspecified atom stereocenters. The van der Waals surface area contributed by atoms with Gasteiger partial charge in [-0.1, -0.05) is 41.0 Å². The number of benzene rings is 1. The molecule has 0 aliphatic rings. The van der Waals surface area contributed by atoms with Crippen molar-refractivity contribution >= 4 is 57.3 Å². The average Bonchev–Trinajstić information content (AvgIpc) is 3.30. The van der Waals surface area contributed by atoms with Gasteiger partial charge in [0.2, 0.25) is 5.91 Å². The Morgan fingerprint density at radius 2 is 2.21 bits per heavy atom. The van der Waals surface area contributed by atoms with E-state index < -0.39 is 0 Å². The van der Waals surface area contributed by atoms with E-state index in [-0.39, 0.29) is 17.3 Å². The first-order valence-corrected chi connectivity index (χ1v) is 11.1. The van der Waals surface area contributed by atoms with Crippen molar-refractivity contribution in [1.29, 1.82) is 0 Å². The Hall–Kier alpha value is -1.85. The molecular weight excluding hydrogens is 457 g/mol. The number of H-pyrrole nitrogens is 1. The Balaban J connectivity index is 1.57. The highest BCUT2D eigenvalue weighted by Crippen LogP contribution is 2.30. The van der Waals surface area contributed by atoms with E-state index in [4.69, 9.17) is 27.9 Å². The Labute approximate surface area is 184 Å². The Morgan fingerprint density at radius 1 is 1.38 bits per heavy atom. The van der Waals surface area contributed by atoms with Crippen molar-refractivity contribution in [2.24, 2.45) is 0 Å². The predicted octanol–water partition coefficient (Wildman–Crippen LogP) is 3.77. The summed E-state index contributed by atoms with van der Waals surface area (Å²) in [7, 11) is 1.60. The molecular formula is C17H17Cl2N5O3S2. The van der Waals surface area contributed by atoms with Gasteiger partial charge in [-0.15, -0.1) is 16.4 Å². The Kier molecular flexibility index (Phi) is 7.73. The zero-order chi connectivity index (χ0) is 20.8. The van der Waals surface area contributed by atoms with E-state index in [9.17, 15) is 9.59 Å². The summed E-state index contributed by atoms with van der Waals surface area (Å²) in [5, 5.41) is 12.8. The van der Waals surface area contributed by atoms with Gasteiger partial charge in [-0.05, 0) is 18.6 Å². The molecule has 3 aromatic rings. The lowest BCUT2D eigenvalue weighted by Gasteiger charge is -2.05. The Morgan fingerprint density at radius 3 is 2.97 bits per heavy atom. The van der Waals surface area contributed by atoms with Gasteiger partial charge >= 0.3 is 5.69 Å². The number of hydrogen-bond donors (Lipinski definition) is 2. The van der Waals surface area contributed by atoms with Crippen LogP contribution in [-0.2, 0) is 16.1 Å². The van der Waals surface area contributed by atoms with E-state index in [2.05, 4.69) is 20.5 Å². The molecule has 0 atom stereocenters. The third-order valence-electron chi connectivity index (χ3n) is 3.75. The minimum Gasteiger partial charge on any atom is -0.385 e. The summed E-state index contributed by atoms with van der Waals surface area (Å²) in [4.78, 5) is 28.5. The molecule has 0 fully saturated rings. The van der Waals surface area contributed by atoms with Gasteiger partial charge in [0, 0.05) is 31.2 Å². The minimum atomic E-state index is -0.310. The van der Waals surface area contributed by atoms with Crippen LogP contribution < -0.4 is 11.0 Å². The highest BCUT2D eigenvalue weighted by molar-refractivity contribution is 7.99. The fourth-order valence-corrected chi connectivity index (χ4v) is 4.19. The Bertz CT molecular complexity index is 1050. The number of hydrogen-bond acceptors (Lipinski definition) is 7. The molecule has 0 bridgehead atoms. The number of thioether (sulfide) groups is 1. The molecule has 8 nitrogen and oxygen atoms in total. The lowest BCUT2D eigenvalue weighted by atomic mass is 10.2. The van der Waals surface area contributed by atoms with Crippen molar-refractivity contribution in [2.45, 2.75) is 18.1 Å². The van der Waals surface area contributed by atoms with Gasteiger partial charge in [-0.3, -0.25) is 9.36 Å². The lowest BCUT2D eigenvalue weighted by Crippen LogP contribution is -2.19. The van der Waals surface area contributed by atoms with E-state index in [0.717, 1.165) is 5.56 Å². The molecule has 154 valence electrons. The highest BCUT2D eigenvalue weighted by Gasteiger charge is 2.13. The fraction of sp³-hybridized carbons (Fsp3) is 0.294. The molecule has 3 rings (SSSR count). The summed E-state index contributed by atoms with van der Waals surface area (Å²) >= 11 is 14.5. The molecule has 0 saturated carbocycles. The molecule has 12 heteroatoms. The number of nitrogens with zero attached hydrogens (tertiary/aromatic N) is 3.